The molecule has 0 saturated carbocycles. The van der Waals surface area contributed by atoms with E-state index in [9.17, 15) is 22.4 Å². The summed E-state index contributed by atoms with van der Waals surface area (Å²) < 4.78 is 43.9. The van der Waals surface area contributed by atoms with Crippen LogP contribution in [0.1, 0.15) is 30.0 Å². The molecule has 0 aromatic heterocycles. The Balaban J connectivity index is 1.78. The van der Waals surface area contributed by atoms with Crippen molar-refractivity contribution in [3.63, 3.8) is 0 Å². The van der Waals surface area contributed by atoms with Crippen LogP contribution in [0.25, 0.3) is 0 Å². The van der Waals surface area contributed by atoms with Gasteiger partial charge in [0.15, 0.2) is 0 Å². The minimum Gasteiger partial charge on any atom is -0.354 e. The molecule has 0 saturated heterocycles. The third-order valence-corrected chi connectivity index (χ3v) is 8.84. The van der Waals surface area contributed by atoms with Crippen LogP contribution in [0.2, 0.25) is 0 Å². The number of carbonyl (C=O) groups is 2. The first-order chi connectivity index (χ1) is 20.7. The average molecular weight is 602 g/mol. The SMILES string of the molecule is CCCNC(=O)C(Cc1ccccc1)N(Cc1ccccc1F)C(=O)CN(c1ccccc1)S(=O)(=O)c1ccc(C)cc1. The normalized spacial score (nSPS) is 11.9. The molecule has 1 N–H and O–H groups in total. The molecule has 0 bridgehead atoms. The summed E-state index contributed by atoms with van der Waals surface area (Å²) in [4.78, 5) is 29.2. The second-order valence-corrected chi connectivity index (χ2v) is 12.1. The van der Waals surface area contributed by atoms with Gasteiger partial charge < -0.3 is 10.2 Å². The fraction of sp³-hybridized carbons (Fsp3) is 0.235. The lowest BCUT2D eigenvalue weighted by molar-refractivity contribution is -0.140. The maximum Gasteiger partial charge on any atom is 0.264 e. The average Bonchev–Trinajstić information content (AvgIpc) is 3.02. The van der Waals surface area contributed by atoms with Crippen molar-refractivity contribution in [3.8, 4) is 0 Å². The van der Waals surface area contributed by atoms with Crippen molar-refractivity contribution in [3.05, 3.63) is 132 Å². The number of aryl methyl sites for hydroxylation is 1. The number of benzene rings is 4. The molecular formula is C34H36FN3O4S. The van der Waals surface area contributed by atoms with Crippen molar-refractivity contribution in [1.29, 1.82) is 0 Å². The molecule has 0 spiro atoms. The Morgan fingerprint density at radius 1 is 0.837 bits per heavy atom. The van der Waals surface area contributed by atoms with Crippen molar-refractivity contribution < 1.29 is 22.4 Å². The van der Waals surface area contributed by atoms with Crippen LogP contribution in [-0.4, -0.2) is 44.3 Å². The number of amides is 2. The summed E-state index contributed by atoms with van der Waals surface area (Å²) in [6, 6.07) is 29.0. The maximum absolute atomic E-state index is 14.9. The van der Waals surface area contributed by atoms with Gasteiger partial charge >= 0.3 is 0 Å². The zero-order valence-corrected chi connectivity index (χ0v) is 25.1. The van der Waals surface area contributed by atoms with Gasteiger partial charge in [-0.2, -0.15) is 0 Å². The van der Waals surface area contributed by atoms with Gasteiger partial charge in [-0.25, -0.2) is 12.8 Å². The molecule has 2 amide bonds. The molecule has 0 fully saturated rings. The highest BCUT2D eigenvalue weighted by molar-refractivity contribution is 7.92. The molecule has 1 unspecified atom stereocenters. The van der Waals surface area contributed by atoms with E-state index in [-0.39, 0.29) is 29.1 Å². The van der Waals surface area contributed by atoms with Crippen molar-refractivity contribution >= 4 is 27.5 Å². The summed E-state index contributed by atoms with van der Waals surface area (Å²) in [6.07, 6.45) is 0.842. The first-order valence-corrected chi connectivity index (χ1v) is 15.6. The molecule has 0 heterocycles. The number of halogens is 1. The van der Waals surface area contributed by atoms with Crippen LogP contribution in [0.15, 0.2) is 114 Å². The van der Waals surface area contributed by atoms with Gasteiger partial charge in [-0.05, 0) is 49.2 Å². The van der Waals surface area contributed by atoms with E-state index in [1.165, 1.54) is 23.1 Å². The second kappa shape index (κ2) is 14.6. The lowest BCUT2D eigenvalue weighted by Crippen LogP contribution is -2.53. The van der Waals surface area contributed by atoms with Gasteiger partial charge in [0.1, 0.15) is 18.4 Å². The Morgan fingerprint density at radius 3 is 2.07 bits per heavy atom. The number of nitrogens with zero attached hydrogens (tertiary/aromatic N) is 2. The quantitative estimate of drug-likeness (QED) is 0.219. The van der Waals surface area contributed by atoms with Crippen LogP contribution in [0.5, 0.6) is 0 Å². The number of carbonyl (C=O) groups excluding carboxylic acids is 2. The fourth-order valence-corrected chi connectivity index (χ4v) is 6.10. The maximum atomic E-state index is 14.9. The number of sulfonamides is 1. The van der Waals surface area contributed by atoms with E-state index < -0.39 is 40.2 Å². The Morgan fingerprint density at radius 2 is 1.44 bits per heavy atom. The lowest BCUT2D eigenvalue weighted by atomic mass is 10.0. The van der Waals surface area contributed by atoms with Crippen molar-refractivity contribution in [2.24, 2.45) is 0 Å². The number of rotatable bonds is 13. The number of nitrogens with one attached hydrogen (secondary N) is 1. The second-order valence-electron chi connectivity index (χ2n) is 10.3. The van der Waals surface area contributed by atoms with E-state index in [4.69, 9.17) is 0 Å². The van der Waals surface area contributed by atoms with E-state index in [1.807, 2.05) is 44.2 Å². The standard InChI is InChI=1S/C34H36FN3O4S/c1-3-22-36-34(40)32(23-27-12-6-4-7-13-27)37(24-28-14-10-11-17-31(28)35)33(39)25-38(29-15-8-5-9-16-29)43(41,42)30-20-18-26(2)19-21-30/h4-21,32H,3,22-25H2,1-2H3,(H,36,40). The predicted octanol–water partition coefficient (Wildman–Crippen LogP) is 5.50. The van der Waals surface area contributed by atoms with Crippen LogP contribution in [-0.2, 0) is 32.6 Å². The third kappa shape index (κ3) is 8.08. The Hall–Kier alpha value is -4.50. The number of hydrogen-bond acceptors (Lipinski definition) is 4. The molecule has 0 aliphatic rings. The number of hydrogen-bond donors (Lipinski definition) is 1. The smallest absolute Gasteiger partial charge is 0.264 e. The Kier molecular flexibility index (Phi) is 10.7. The molecule has 4 aromatic rings. The summed E-state index contributed by atoms with van der Waals surface area (Å²) in [5.41, 5.74) is 2.19. The van der Waals surface area contributed by atoms with Gasteiger partial charge in [0.2, 0.25) is 11.8 Å². The highest BCUT2D eigenvalue weighted by Gasteiger charge is 2.34. The molecule has 1 atom stereocenters. The molecule has 7 nitrogen and oxygen atoms in total. The van der Waals surface area contributed by atoms with Crippen molar-refractivity contribution in [2.45, 2.75) is 44.2 Å². The van der Waals surface area contributed by atoms with Crippen LogP contribution in [0, 0.1) is 12.7 Å². The summed E-state index contributed by atoms with van der Waals surface area (Å²) in [7, 11) is -4.19. The molecule has 9 heteroatoms. The molecule has 224 valence electrons. The largest absolute Gasteiger partial charge is 0.354 e. The molecule has 4 aromatic carbocycles. The summed E-state index contributed by atoms with van der Waals surface area (Å²) >= 11 is 0. The van der Waals surface area contributed by atoms with E-state index in [0.29, 0.717) is 13.0 Å². The Labute approximate surface area is 253 Å². The molecule has 0 aliphatic heterocycles. The summed E-state index contributed by atoms with van der Waals surface area (Å²) in [5, 5.41) is 2.88. The molecule has 43 heavy (non-hydrogen) atoms. The third-order valence-electron chi connectivity index (χ3n) is 7.05. The summed E-state index contributed by atoms with van der Waals surface area (Å²) in [6.45, 7) is 3.34. The summed E-state index contributed by atoms with van der Waals surface area (Å²) in [5.74, 6) is -1.57. The van der Waals surface area contributed by atoms with Gasteiger partial charge in [0.25, 0.3) is 10.0 Å². The highest BCUT2D eigenvalue weighted by atomic mass is 32.2. The van der Waals surface area contributed by atoms with Gasteiger partial charge in [-0.15, -0.1) is 0 Å². The van der Waals surface area contributed by atoms with Crippen LogP contribution >= 0.6 is 0 Å². The molecule has 0 radical (unpaired) electrons. The van der Waals surface area contributed by atoms with Crippen LogP contribution in [0.3, 0.4) is 0 Å². The first-order valence-electron chi connectivity index (χ1n) is 14.2. The van der Waals surface area contributed by atoms with Gasteiger partial charge in [0.05, 0.1) is 10.6 Å². The van der Waals surface area contributed by atoms with Crippen molar-refractivity contribution in [2.75, 3.05) is 17.4 Å². The zero-order chi connectivity index (χ0) is 30.8. The van der Waals surface area contributed by atoms with E-state index in [2.05, 4.69) is 5.32 Å². The van der Waals surface area contributed by atoms with Crippen LogP contribution in [0.4, 0.5) is 10.1 Å². The highest BCUT2D eigenvalue weighted by Crippen LogP contribution is 2.25. The molecule has 4 rings (SSSR count). The number of anilines is 1. The molecule has 0 aliphatic carbocycles. The zero-order valence-electron chi connectivity index (χ0n) is 24.3. The topological polar surface area (TPSA) is 86.8 Å². The minimum absolute atomic E-state index is 0.0249. The number of para-hydroxylation sites is 1. The van der Waals surface area contributed by atoms with Crippen molar-refractivity contribution in [1.82, 2.24) is 10.2 Å². The van der Waals surface area contributed by atoms with Gasteiger partial charge in [-0.1, -0.05) is 91.3 Å². The van der Waals surface area contributed by atoms with E-state index >= 15 is 0 Å². The monoisotopic (exact) mass is 601 g/mol. The van der Waals surface area contributed by atoms with Gasteiger partial charge in [0, 0.05) is 25.1 Å². The first kappa shape index (κ1) is 31.4. The predicted molar refractivity (Wildman–Crippen MR) is 166 cm³/mol. The minimum atomic E-state index is -4.19. The van der Waals surface area contributed by atoms with E-state index in [1.54, 1.807) is 60.7 Å². The fourth-order valence-electron chi connectivity index (χ4n) is 4.69. The van der Waals surface area contributed by atoms with E-state index in [0.717, 1.165) is 15.4 Å². The lowest BCUT2D eigenvalue weighted by Gasteiger charge is -2.34. The van der Waals surface area contributed by atoms with Gasteiger partial charge in [-0.3, -0.25) is 13.9 Å². The molecular weight excluding hydrogens is 565 g/mol. The van der Waals surface area contributed by atoms with Crippen LogP contribution < -0.4 is 9.62 Å². The Bertz CT molecular complexity index is 1610.